The molecular formula is C20H26N6O2. The summed E-state index contributed by atoms with van der Waals surface area (Å²) in [5.74, 6) is 0.901. The first kappa shape index (κ1) is 18.8. The lowest BCUT2D eigenvalue weighted by Gasteiger charge is -2.29. The van der Waals surface area contributed by atoms with Crippen molar-refractivity contribution in [1.29, 1.82) is 0 Å². The van der Waals surface area contributed by atoms with Crippen LogP contribution in [0.5, 0.6) is 0 Å². The highest BCUT2D eigenvalue weighted by Crippen LogP contribution is 2.23. The lowest BCUT2D eigenvalue weighted by molar-refractivity contribution is 0.0378. The Kier molecular flexibility index (Phi) is 6.08. The fraction of sp³-hybridized carbons (Fsp3) is 0.500. The number of hydrogen-bond donors (Lipinski definition) is 1. The van der Waals surface area contributed by atoms with Gasteiger partial charge in [0.25, 0.3) is 5.91 Å². The first-order valence-electron chi connectivity index (χ1n) is 9.87. The van der Waals surface area contributed by atoms with E-state index in [0.717, 1.165) is 69.3 Å². The van der Waals surface area contributed by atoms with Crippen molar-refractivity contribution in [1.82, 2.24) is 24.8 Å². The van der Waals surface area contributed by atoms with E-state index in [0.29, 0.717) is 18.7 Å². The topological polar surface area (TPSA) is 83.5 Å². The molecule has 0 saturated carbocycles. The number of fused-ring (bicyclic) bond motifs is 1. The minimum absolute atomic E-state index is 0.00242. The zero-order chi connectivity index (χ0) is 19.2. The van der Waals surface area contributed by atoms with E-state index in [1.807, 2.05) is 4.90 Å². The van der Waals surface area contributed by atoms with Gasteiger partial charge in [0.05, 0.1) is 31.0 Å². The van der Waals surface area contributed by atoms with Crippen molar-refractivity contribution in [3.8, 4) is 0 Å². The smallest absolute Gasteiger partial charge is 0.255 e. The average molecular weight is 382 g/mol. The fourth-order valence-corrected chi connectivity index (χ4v) is 3.69. The normalized spacial score (nSPS) is 17.2. The van der Waals surface area contributed by atoms with Gasteiger partial charge in [0, 0.05) is 44.1 Å². The Morgan fingerprint density at radius 1 is 1.21 bits per heavy atom. The number of nitrogens with zero attached hydrogens (tertiary/aromatic N) is 5. The lowest BCUT2D eigenvalue weighted by atomic mass is 10.0. The Labute approximate surface area is 164 Å². The van der Waals surface area contributed by atoms with Gasteiger partial charge in [-0.05, 0) is 31.5 Å². The fourth-order valence-electron chi connectivity index (χ4n) is 3.69. The molecule has 0 spiro atoms. The number of carbonyl (C=O) groups is 1. The van der Waals surface area contributed by atoms with Crippen LogP contribution >= 0.6 is 0 Å². The average Bonchev–Trinajstić information content (AvgIpc) is 2.77. The number of pyridine rings is 1. The molecule has 1 fully saturated rings. The molecule has 4 heterocycles. The first-order valence-corrected chi connectivity index (χ1v) is 9.87. The van der Waals surface area contributed by atoms with Gasteiger partial charge < -0.3 is 15.0 Å². The third-order valence-electron chi connectivity index (χ3n) is 5.25. The van der Waals surface area contributed by atoms with Crippen LogP contribution in [0.2, 0.25) is 0 Å². The van der Waals surface area contributed by atoms with Crippen LogP contribution in [0, 0.1) is 0 Å². The third-order valence-corrected chi connectivity index (χ3v) is 5.25. The van der Waals surface area contributed by atoms with Crippen LogP contribution in [0.4, 0.5) is 5.82 Å². The molecule has 0 radical (unpaired) electrons. The lowest BCUT2D eigenvalue weighted by Crippen LogP contribution is -2.37. The van der Waals surface area contributed by atoms with E-state index in [4.69, 9.17) is 4.74 Å². The van der Waals surface area contributed by atoms with Crippen molar-refractivity contribution in [2.24, 2.45) is 0 Å². The third kappa shape index (κ3) is 4.45. The van der Waals surface area contributed by atoms with E-state index in [1.54, 1.807) is 30.9 Å². The monoisotopic (exact) mass is 382 g/mol. The summed E-state index contributed by atoms with van der Waals surface area (Å²) < 4.78 is 5.39. The summed E-state index contributed by atoms with van der Waals surface area (Å²) in [5.41, 5.74) is 2.67. The molecule has 0 unspecified atom stereocenters. The van der Waals surface area contributed by atoms with E-state index in [9.17, 15) is 4.79 Å². The van der Waals surface area contributed by atoms with E-state index in [-0.39, 0.29) is 5.91 Å². The second kappa shape index (κ2) is 9.07. The SMILES string of the molecule is O=C(c1cccnc1)N1CCc2c(ncnc2NCCCN2CCOCC2)C1. The van der Waals surface area contributed by atoms with Crippen LogP contribution in [0.3, 0.4) is 0 Å². The summed E-state index contributed by atoms with van der Waals surface area (Å²) >= 11 is 0. The van der Waals surface area contributed by atoms with Crippen molar-refractivity contribution >= 4 is 11.7 Å². The van der Waals surface area contributed by atoms with Crippen molar-refractivity contribution in [3.05, 3.63) is 47.7 Å². The van der Waals surface area contributed by atoms with Gasteiger partial charge in [0.15, 0.2) is 0 Å². The minimum Gasteiger partial charge on any atom is -0.379 e. The summed E-state index contributed by atoms with van der Waals surface area (Å²) in [4.78, 5) is 29.8. The Morgan fingerprint density at radius 3 is 2.93 bits per heavy atom. The molecule has 148 valence electrons. The molecule has 28 heavy (non-hydrogen) atoms. The molecule has 1 saturated heterocycles. The standard InChI is InChI=1S/C20H26N6O2/c27-20(16-3-1-5-21-13-16)26-8-4-17-18(14-26)23-15-24-19(17)22-6-2-7-25-9-11-28-12-10-25/h1,3,5,13,15H,2,4,6-12,14H2,(H,22,23,24). The van der Waals surface area contributed by atoms with Crippen LogP contribution in [0.1, 0.15) is 28.0 Å². The van der Waals surface area contributed by atoms with Crippen molar-refractivity contribution < 1.29 is 9.53 Å². The highest BCUT2D eigenvalue weighted by atomic mass is 16.5. The van der Waals surface area contributed by atoms with E-state index < -0.39 is 0 Å². The maximum atomic E-state index is 12.7. The molecule has 8 heteroatoms. The zero-order valence-electron chi connectivity index (χ0n) is 16.0. The largest absolute Gasteiger partial charge is 0.379 e. The molecule has 1 N–H and O–H groups in total. The molecule has 2 aliphatic heterocycles. The molecule has 2 aromatic rings. The predicted octanol–water partition coefficient (Wildman–Crippen LogP) is 1.20. The summed E-state index contributed by atoms with van der Waals surface area (Å²) in [5, 5.41) is 3.47. The molecule has 0 aromatic carbocycles. The second-order valence-corrected chi connectivity index (χ2v) is 7.10. The van der Waals surface area contributed by atoms with Crippen LogP contribution < -0.4 is 5.32 Å². The molecule has 4 rings (SSSR count). The molecule has 8 nitrogen and oxygen atoms in total. The summed E-state index contributed by atoms with van der Waals surface area (Å²) in [7, 11) is 0. The summed E-state index contributed by atoms with van der Waals surface area (Å²) in [6, 6.07) is 3.58. The predicted molar refractivity (Wildman–Crippen MR) is 105 cm³/mol. The molecule has 1 amide bonds. The molecule has 2 aliphatic rings. The second-order valence-electron chi connectivity index (χ2n) is 7.10. The number of amides is 1. The van der Waals surface area contributed by atoms with Crippen LogP contribution in [-0.4, -0.2) is 76.6 Å². The van der Waals surface area contributed by atoms with Crippen LogP contribution in [-0.2, 0) is 17.7 Å². The Bertz CT molecular complexity index is 795. The molecule has 0 bridgehead atoms. The van der Waals surface area contributed by atoms with Gasteiger partial charge >= 0.3 is 0 Å². The number of morpholine rings is 1. The van der Waals surface area contributed by atoms with Crippen LogP contribution in [0.25, 0.3) is 0 Å². The molecular weight excluding hydrogens is 356 g/mol. The number of anilines is 1. The van der Waals surface area contributed by atoms with Crippen molar-refractivity contribution in [2.75, 3.05) is 51.3 Å². The quantitative estimate of drug-likeness (QED) is 0.752. The van der Waals surface area contributed by atoms with Gasteiger partial charge in [-0.3, -0.25) is 14.7 Å². The molecule has 2 aromatic heterocycles. The summed E-state index contributed by atoms with van der Waals surface area (Å²) in [6.45, 7) is 6.82. The van der Waals surface area contributed by atoms with Gasteiger partial charge in [-0.15, -0.1) is 0 Å². The number of rotatable bonds is 6. The Balaban J connectivity index is 1.33. The van der Waals surface area contributed by atoms with Gasteiger partial charge in [-0.25, -0.2) is 9.97 Å². The van der Waals surface area contributed by atoms with E-state index >= 15 is 0 Å². The summed E-state index contributed by atoms with van der Waals surface area (Å²) in [6.07, 6.45) is 6.69. The highest BCUT2D eigenvalue weighted by Gasteiger charge is 2.25. The first-order chi connectivity index (χ1) is 13.8. The van der Waals surface area contributed by atoms with Crippen LogP contribution in [0.15, 0.2) is 30.9 Å². The number of hydrogen-bond acceptors (Lipinski definition) is 7. The number of carbonyl (C=O) groups excluding carboxylic acids is 1. The van der Waals surface area contributed by atoms with Crippen molar-refractivity contribution in [3.63, 3.8) is 0 Å². The van der Waals surface area contributed by atoms with Gasteiger partial charge in [-0.1, -0.05) is 0 Å². The maximum absolute atomic E-state index is 12.7. The number of ether oxygens (including phenoxy) is 1. The van der Waals surface area contributed by atoms with E-state index in [1.165, 1.54) is 0 Å². The maximum Gasteiger partial charge on any atom is 0.255 e. The highest BCUT2D eigenvalue weighted by molar-refractivity contribution is 5.94. The molecule has 0 aliphatic carbocycles. The number of nitrogens with one attached hydrogen (secondary N) is 1. The zero-order valence-corrected chi connectivity index (χ0v) is 16.0. The Morgan fingerprint density at radius 2 is 2.11 bits per heavy atom. The minimum atomic E-state index is -0.00242. The Hall–Kier alpha value is -2.58. The van der Waals surface area contributed by atoms with Gasteiger partial charge in [-0.2, -0.15) is 0 Å². The van der Waals surface area contributed by atoms with E-state index in [2.05, 4.69) is 25.2 Å². The molecule has 0 atom stereocenters. The van der Waals surface area contributed by atoms with Gasteiger partial charge in [0.1, 0.15) is 12.1 Å². The van der Waals surface area contributed by atoms with Gasteiger partial charge in [0.2, 0.25) is 0 Å². The number of aromatic nitrogens is 3. The van der Waals surface area contributed by atoms with Crippen molar-refractivity contribution in [2.45, 2.75) is 19.4 Å².